The van der Waals surface area contributed by atoms with Crippen molar-refractivity contribution in [2.45, 2.75) is 6.61 Å². The number of hydrogen-bond acceptors (Lipinski definition) is 4. The molecule has 2 N–H and O–H groups in total. The van der Waals surface area contributed by atoms with Gasteiger partial charge >= 0.3 is 0 Å². The van der Waals surface area contributed by atoms with Gasteiger partial charge in [-0.15, -0.1) is 0 Å². The van der Waals surface area contributed by atoms with Gasteiger partial charge < -0.3 is 15.0 Å². The molecule has 20 heavy (non-hydrogen) atoms. The molecule has 0 aliphatic carbocycles. The molecule has 100 valence electrons. The van der Waals surface area contributed by atoms with Gasteiger partial charge in [0.2, 0.25) is 0 Å². The largest absolute Gasteiger partial charge is 0.488 e. The van der Waals surface area contributed by atoms with Gasteiger partial charge in [-0.25, -0.2) is 0 Å². The lowest BCUT2D eigenvalue weighted by molar-refractivity contribution is 0.306. The summed E-state index contributed by atoms with van der Waals surface area (Å²) in [5.41, 5.74) is 8.25. The SMILES string of the molecule is Nc1cnoc1-c1ccccc1OCc1ccccc1. The van der Waals surface area contributed by atoms with Crippen LogP contribution in [0.2, 0.25) is 0 Å². The molecule has 4 nitrogen and oxygen atoms in total. The Hall–Kier alpha value is -2.75. The van der Waals surface area contributed by atoms with E-state index in [1.165, 1.54) is 6.20 Å². The number of ether oxygens (including phenoxy) is 1. The van der Waals surface area contributed by atoms with Gasteiger partial charge in [0.25, 0.3) is 0 Å². The number of nitrogens with two attached hydrogens (primary N) is 1. The first-order valence-corrected chi connectivity index (χ1v) is 6.31. The molecule has 0 radical (unpaired) electrons. The van der Waals surface area contributed by atoms with Crippen LogP contribution in [0.4, 0.5) is 5.69 Å². The Morgan fingerprint density at radius 1 is 1.00 bits per heavy atom. The molecule has 0 saturated carbocycles. The molecule has 2 aromatic carbocycles. The predicted molar refractivity (Wildman–Crippen MR) is 77.1 cm³/mol. The molecular weight excluding hydrogens is 252 g/mol. The van der Waals surface area contributed by atoms with Crippen molar-refractivity contribution in [2.75, 3.05) is 5.73 Å². The zero-order chi connectivity index (χ0) is 13.8. The second-order valence-corrected chi connectivity index (χ2v) is 4.38. The van der Waals surface area contributed by atoms with E-state index in [1.807, 2.05) is 54.6 Å². The molecule has 0 aliphatic rings. The summed E-state index contributed by atoms with van der Waals surface area (Å²) in [5, 5.41) is 3.70. The maximum absolute atomic E-state index is 5.86. The van der Waals surface area contributed by atoms with Gasteiger partial charge in [-0.2, -0.15) is 0 Å². The fourth-order valence-electron chi connectivity index (χ4n) is 1.97. The highest BCUT2D eigenvalue weighted by atomic mass is 16.5. The third-order valence-electron chi connectivity index (χ3n) is 2.97. The van der Waals surface area contributed by atoms with Crippen molar-refractivity contribution in [1.82, 2.24) is 5.16 Å². The molecule has 1 heterocycles. The molecule has 0 fully saturated rings. The third-order valence-corrected chi connectivity index (χ3v) is 2.97. The molecule has 0 spiro atoms. The lowest BCUT2D eigenvalue weighted by Crippen LogP contribution is -1.97. The van der Waals surface area contributed by atoms with Crippen molar-refractivity contribution in [3.05, 3.63) is 66.4 Å². The molecule has 0 bridgehead atoms. The number of anilines is 1. The molecule has 4 heteroatoms. The summed E-state index contributed by atoms with van der Waals surface area (Å²) in [6, 6.07) is 17.6. The summed E-state index contributed by atoms with van der Waals surface area (Å²) >= 11 is 0. The molecule has 0 unspecified atom stereocenters. The number of nitrogen functional groups attached to an aromatic ring is 1. The van der Waals surface area contributed by atoms with Crippen LogP contribution < -0.4 is 10.5 Å². The summed E-state index contributed by atoms with van der Waals surface area (Å²) < 4.78 is 11.0. The Labute approximate surface area is 116 Å². The first kappa shape index (κ1) is 12.3. The van der Waals surface area contributed by atoms with E-state index in [9.17, 15) is 0 Å². The Morgan fingerprint density at radius 2 is 1.75 bits per heavy atom. The highest BCUT2D eigenvalue weighted by molar-refractivity contribution is 5.74. The lowest BCUT2D eigenvalue weighted by atomic mass is 10.1. The number of para-hydroxylation sites is 1. The average Bonchev–Trinajstić information content (AvgIpc) is 2.92. The van der Waals surface area contributed by atoms with E-state index in [4.69, 9.17) is 15.0 Å². The Kier molecular flexibility index (Phi) is 3.37. The number of hydrogen-bond donors (Lipinski definition) is 1. The molecule has 0 atom stereocenters. The van der Waals surface area contributed by atoms with Crippen LogP contribution in [-0.2, 0) is 6.61 Å². The molecule has 3 aromatic rings. The van der Waals surface area contributed by atoms with Crippen molar-refractivity contribution in [3.8, 4) is 17.1 Å². The van der Waals surface area contributed by atoms with Crippen molar-refractivity contribution in [2.24, 2.45) is 0 Å². The van der Waals surface area contributed by atoms with Gasteiger partial charge in [-0.05, 0) is 17.7 Å². The smallest absolute Gasteiger partial charge is 0.193 e. The Bertz CT molecular complexity index is 692. The van der Waals surface area contributed by atoms with E-state index >= 15 is 0 Å². The van der Waals surface area contributed by atoms with E-state index in [2.05, 4.69) is 5.16 Å². The van der Waals surface area contributed by atoms with E-state index in [-0.39, 0.29) is 0 Å². The summed E-state index contributed by atoms with van der Waals surface area (Å²) in [5.74, 6) is 1.26. The highest BCUT2D eigenvalue weighted by Crippen LogP contribution is 2.33. The quantitative estimate of drug-likeness (QED) is 0.785. The zero-order valence-electron chi connectivity index (χ0n) is 10.8. The monoisotopic (exact) mass is 266 g/mol. The van der Waals surface area contributed by atoms with Crippen LogP contribution in [0.3, 0.4) is 0 Å². The van der Waals surface area contributed by atoms with Gasteiger partial charge in [0.05, 0.1) is 11.8 Å². The first-order valence-electron chi connectivity index (χ1n) is 6.31. The third kappa shape index (κ3) is 2.49. The minimum absolute atomic E-state index is 0.492. The van der Waals surface area contributed by atoms with Crippen LogP contribution in [0, 0.1) is 0 Å². The van der Waals surface area contributed by atoms with Crippen LogP contribution in [0.5, 0.6) is 5.75 Å². The van der Waals surface area contributed by atoms with Crippen molar-refractivity contribution in [1.29, 1.82) is 0 Å². The normalized spacial score (nSPS) is 10.4. The molecule has 1 aromatic heterocycles. The standard InChI is InChI=1S/C16H14N2O2/c17-14-10-18-20-16(14)13-8-4-5-9-15(13)19-11-12-6-2-1-3-7-12/h1-10H,11,17H2. The van der Waals surface area contributed by atoms with Crippen molar-refractivity contribution < 1.29 is 9.26 Å². The maximum atomic E-state index is 5.86. The van der Waals surface area contributed by atoms with Gasteiger partial charge in [0.1, 0.15) is 18.0 Å². The van der Waals surface area contributed by atoms with Gasteiger partial charge in [-0.1, -0.05) is 47.6 Å². The molecule has 0 amide bonds. The van der Waals surface area contributed by atoms with Crippen LogP contribution in [0.15, 0.2) is 65.3 Å². The first-order chi connectivity index (χ1) is 9.84. The van der Waals surface area contributed by atoms with Gasteiger partial charge in [0, 0.05) is 0 Å². The maximum Gasteiger partial charge on any atom is 0.193 e. The Balaban J connectivity index is 1.86. The van der Waals surface area contributed by atoms with Crippen LogP contribution in [-0.4, -0.2) is 5.16 Å². The fourth-order valence-corrected chi connectivity index (χ4v) is 1.97. The summed E-state index contributed by atoms with van der Waals surface area (Å²) in [4.78, 5) is 0. The second kappa shape index (κ2) is 5.48. The number of nitrogens with zero attached hydrogens (tertiary/aromatic N) is 1. The minimum atomic E-state index is 0.492. The van der Waals surface area contributed by atoms with E-state index in [0.717, 1.165) is 16.9 Å². The summed E-state index contributed by atoms with van der Waals surface area (Å²) in [6.07, 6.45) is 1.49. The van der Waals surface area contributed by atoms with Gasteiger partial charge in [-0.3, -0.25) is 0 Å². The summed E-state index contributed by atoms with van der Waals surface area (Å²) in [6.45, 7) is 0.492. The topological polar surface area (TPSA) is 61.3 Å². The van der Waals surface area contributed by atoms with Crippen LogP contribution >= 0.6 is 0 Å². The van der Waals surface area contributed by atoms with Crippen LogP contribution in [0.1, 0.15) is 5.56 Å². The lowest BCUT2D eigenvalue weighted by Gasteiger charge is -2.10. The summed E-state index contributed by atoms with van der Waals surface area (Å²) in [7, 11) is 0. The van der Waals surface area contributed by atoms with E-state index in [1.54, 1.807) is 0 Å². The minimum Gasteiger partial charge on any atom is -0.488 e. The van der Waals surface area contributed by atoms with Crippen LogP contribution in [0.25, 0.3) is 11.3 Å². The highest BCUT2D eigenvalue weighted by Gasteiger charge is 2.13. The van der Waals surface area contributed by atoms with Crippen molar-refractivity contribution in [3.63, 3.8) is 0 Å². The molecule has 3 rings (SSSR count). The second-order valence-electron chi connectivity index (χ2n) is 4.38. The number of benzene rings is 2. The average molecular weight is 266 g/mol. The molecule has 0 saturated heterocycles. The number of aromatic nitrogens is 1. The Morgan fingerprint density at radius 3 is 2.50 bits per heavy atom. The fraction of sp³-hybridized carbons (Fsp3) is 0.0625. The zero-order valence-corrected chi connectivity index (χ0v) is 10.8. The van der Waals surface area contributed by atoms with E-state index < -0.39 is 0 Å². The van der Waals surface area contributed by atoms with Gasteiger partial charge in [0.15, 0.2) is 5.76 Å². The van der Waals surface area contributed by atoms with E-state index in [0.29, 0.717) is 18.1 Å². The van der Waals surface area contributed by atoms with Crippen molar-refractivity contribution >= 4 is 5.69 Å². The molecule has 0 aliphatic heterocycles. The molecular formula is C16H14N2O2. The predicted octanol–water partition coefficient (Wildman–Crippen LogP) is 3.50. The number of rotatable bonds is 4.